The third-order valence-corrected chi connectivity index (χ3v) is 4.34. The maximum absolute atomic E-state index is 11.4. The highest BCUT2D eigenvalue weighted by Gasteiger charge is 2.15. The fraction of sp³-hybridized carbons (Fsp3) is 0.300. The van der Waals surface area contributed by atoms with Gasteiger partial charge in [0, 0.05) is 19.2 Å². The van der Waals surface area contributed by atoms with E-state index in [9.17, 15) is 9.90 Å². The highest BCUT2D eigenvalue weighted by atomic mass is 16.5. The van der Waals surface area contributed by atoms with Crippen molar-refractivity contribution in [3.8, 4) is 5.88 Å². The van der Waals surface area contributed by atoms with E-state index in [1.165, 1.54) is 12.8 Å². The largest absolute Gasteiger partial charge is 0.478 e. The monoisotopic (exact) mass is 338 g/mol. The quantitative estimate of drug-likeness (QED) is 0.813. The number of carbonyl (C=O) groups is 1. The summed E-state index contributed by atoms with van der Waals surface area (Å²) in [6.45, 7) is 4.06. The number of benzene rings is 1. The third-order valence-electron chi connectivity index (χ3n) is 4.34. The van der Waals surface area contributed by atoms with E-state index in [0.29, 0.717) is 11.4 Å². The average molecular weight is 338 g/mol. The lowest BCUT2D eigenvalue weighted by Crippen LogP contribution is -2.19. The number of anilines is 1. The summed E-state index contributed by atoms with van der Waals surface area (Å²) in [5.74, 6) is 0.545. The Morgan fingerprint density at radius 1 is 1.20 bits per heavy atom. The molecule has 0 amide bonds. The molecule has 1 N–H and O–H groups in total. The van der Waals surface area contributed by atoms with Crippen LogP contribution in [0.1, 0.15) is 30.9 Å². The molecule has 1 fully saturated rings. The molecule has 130 valence electrons. The average Bonchev–Trinajstić information content (AvgIpc) is 3.16. The van der Waals surface area contributed by atoms with Crippen molar-refractivity contribution in [1.29, 1.82) is 0 Å². The molecule has 5 nitrogen and oxygen atoms in total. The topological polar surface area (TPSA) is 62.7 Å². The van der Waals surface area contributed by atoms with E-state index < -0.39 is 5.97 Å². The molecule has 2 aromatic rings. The summed E-state index contributed by atoms with van der Waals surface area (Å²) in [4.78, 5) is 18.2. The molecule has 2 heterocycles. The molecule has 0 unspecified atom stereocenters. The smallest absolute Gasteiger partial charge is 0.335 e. The van der Waals surface area contributed by atoms with E-state index in [0.717, 1.165) is 24.5 Å². The van der Waals surface area contributed by atoms with Gasteiger partial charge in [-0.15, -0.1) is 0 Å². The maximum Gasteiger partial charge on any atom is 0.335 e. The fourth-order valence-electron chi connectivity index (χ4n) is 3.06. The van der Waals surface area contributed by atoms with Crippen LogP contribution < -0.4 is 9.64 Å². The minimum absolute atomic E-state index is 0.275. The van der Waals surface area contributed by atoms with Crippen LogP contribution in [-0.4, -0.2) is 29.1 Å². The summed E-state index contributed by atoms with van der Waals surface area (Å²) in [5.41, 5.74) is 1.78. The van der Waals surface area contributed by atoms with E-state index in [1.807, 2.05) is 36.4 Å². The number of aliphatic carboxylic acids is 1. The zero-order valence-electron chi connectivity index (χ0n) is 14.3. The second-order valence-corrected chi connectivity index (χ2v) is 5.98. The Morgan fingerprint density at radius 3 is 2.68 bits per heavy atom. The molecule has 0 spiro atoms. The molecule has 0 aliphatic carbocycles. The second kappa shape index (κ2) is 7.83. The number of carboxylic acids is 1. The van der Waals surface area contributed by atoms with Gasteiger partial charge in [0.05, 0.1) is 5.57 Å². The van der Waals surface area contributed by atoms with Gasteiger partial charge in [-0.05, 0) is 37.0 Å². The fourth-order valence-corrected chi connectivity index (χ4v) is 3.06. The summed E-state index contributed by atoms with van der Waals surface area (Å²) in [7, 11) is 0. The molecule has 1 aliphatic heterocycles. The van der Waals surface area contributed by atoms with E-state index in [-0.39, 0.29) is 12.2 Å². The summed E-state index contributed by atoms with van der Waals surface area (Å²) < 4.78 is 5.85. The van der Waals surface area contributed by atoms with Gasteiger partial charge in [-0.1, -0.05) is 36.4 Å². The van der Waals surface area contributed by atoms with Crippen molar-refractivity contribution in [2.24, 2.45) is 0 Å². The first-order valence-corrected chi connectivity index (χ1v) is 8.51. The summed E-state index contributed by atoms with van der Waals surface area (Å²) in [5, 5.41) is 9.37. The summed E-state index contributed by atoms with van der Waals surface area (Å²) in [6.07, 6.45) is 4.00. The Balaban J connectivity index is 1.76. The van der Waals surface area contributed by atoms with Gasteiger partial charge in [0.1, 0.15) is 12.4 Å². The SMILES string of the molecule is CC=C(C(=O)O)c1ccccc1COc1cccc(N2CCCC2)n1. The van der Waals surface area contributed by atoms with Crippen LogP contribution in [0.5, 0.6) is 5.88 Å². The number of pyridine rings is 1. The molecule has 1 aromatic heterocycles. The van der Waals surface area contributed by atoms with Gasteiger partial charge in [-0.3, -0.25) is 0 Å². The van der Waals surface area contributed by atoms with Crippen molar-refractivity contribution in [2.45, 2.75) is 26.4 Å². The molecular formula is C20H22N2O3. The number of aromatic nitrogens is 1. The predicted molar refractivity (Wildman–Crippen MR) is 97.7 cm³/mol. The number of nitrogens with zero attached hydrogens (tertiary/aromatic N) is 2. The number of hydrogen-bond acceptors (Lipinski definition) is 4. The number of allylic oxidation sites excluding steroid dienone is 1. The Bertz CT molecular complexity index is 780. The molecule has 0 bridgehead atoms. The van der Waals surface area contributed by atoms with Crippen LogP contribution in [-0.2, 0) is 11.4 Å². The van der Waals surface area contributed by atoms with Crippen molar-refractivity contribution < 1.29 is 14.6 Å². The van der Waals surface area contributed by atoms with Gasteiger partial charge in [-0.25, -0.2) is 4.79 Å². The van der Waals surface area contributed by atoms with Crippen LogP contribution in [0.2, 0.25) is 0 Å². The highest BCUT2D eigenvalue weighted by molar-refractivity contribution is 6.15. The molecule has 5 heteroatoms. The van der Waals surface area contributed by atoms with Crippen LogP contribution in [0.25, 0.3) is 5.57 Å². The molecule has 0 radical (unpaired) electrons. The first-order valence-electron chi connectivity index (χ1n) is 8.51. The molecule has 25 heavy (non-hydrogen) atoms. The number of carboxylic acid groups (broad SMARTS) is 1. The molecule has 1 saturated heterocycles. The van der Waals surface area contributed by atoms with E-state index in [1.54, 1.807) is 19.1 Å². The molecule has 0 saturated carbocycles. The van der Waals surface area contributed by atoms with E-state index >= 15 is 0 Å². The highest BCUT2D eigenvalue weighted by Crippen LogP contribution is 2.23. The van der Waals surface area contributed by atoms with Crippen molar-refractivity contribution in [1.82, 2.24) is 4.98 Å². The minimum atomic E-state index is -0.941. The van der Waals surface area contributed by atoms with Gasteiger partial charge in [-0.2, -0.15) is 4.98 Å². The van der Waals surface area contributed by atoms with Crippen LogP contribution in [0.15, 0.2) is 48.5 Å². The maximum atomic E-state index is 11.4. The van der Waals surface area contributed by atoms with Crippen LogP contribution in [0.4, 0.5) is 5.82 Å². The lowest BCUT2D eigenvalue weighted by atomic mass is 10.00. The van der Waals surface area contributed by atoms with Gasteiger partial charge in [0.15, 0.2) is 0 Å². The first kappa shape index (κ1) is 17.0. The lowest BCUT2D eigenvalue weighted by molar-refractivity contribution is -0.130. The lowest BCUT2D eigenvalue weighted by Gasteiger charge is -2.17. The van der Waals surface area contributed by atoms with Crippen LogP contribution in [0, 0.1) is 0 Å². The van der Waals surface area contributed by atoms with Crippen molar-refractivity contribution in [3.05, 3.63) is 59.7 Å². The predicted octanol–water partition coefficient (Wildman–Crippen LogP) is 3.75. The molecule has 3 rings (SSSR count). The van der Waals surface area contributed by atoms with E-state index in [4.69, 9.17) is 4.74 Å². The second-order valence-electron chi connectivity index (χ2n) is 5.98. The summed E-state index contributed by atoms with van der Waals surface area (Å²) >= 11 is 0. The third kappa shape index (κ3) is 3.99. The van der Waals surface area contributed by atoms with Gasteiger partial charge >= 0.3 is 5.97 Å². The Labute approximate surface area is 147 Å². The van der Waals surface area contributed by atoms with Crippen molar-refractivity contribution in [3.63, 3.8) is 0 Å². The van der Waals surface area contributed by atoms with Crippen molar-refractivity contribution in [2.75, 3.05) is 18.0 Å². The first-order chi connectivity index (χ1) is 12.2. The molecule has 1 aliphatic rings. The number of hydrogen-bond donors (Lipinski definition) is 1. The van der Waals surface area contributed by atoms with E-state index in [2.05, 4.69) is 9.88 Å². The minimum Gasteiger partial charge on any atom is -0.478 e. The number of ether oxygens (including phenoxy) is 1. The zero-order valence-corrected chi connectivity index (χ0v) is 14.3. The Morgan fingerprint density at radius 2 is 1.96 bits per heavy atom. The molecular weight excluding hydrogens is 316 g/mol. The van der Waals surface area contributed by atoms with Crippen LogP contribution >= 0.6 is 0 Å². The molecule has 1 aromatic carbocycles. The zero-order chi connectivity index (χ0) is 17.6. The number of rotatable bonds is 6. The normalized spacial score (nSPS) is 14.6. The van der Waals surface area contributed by atoms with Gasteiger partial charge in [0.2, 0.25) is 5.88 Å². The van der Waals surface area contributed by atoms with Gasteiger partial charge < -0.3 is 14.7 Å². The van der Waals surface area contributed by atoms with Crippen molar-refractivity contribution >= 4 is 17.4 Å². The Kier molecular flexibility index (Phi) is 5.33. The standard InChI is InChI=1S/C20H22N2O3/c1-2-16(20(23)24)17-9-4-3-8-15(17)14-25-19-11-7-10-18(21-19)22-12-5-6-13-22/h2-4,7-11H,5-6,12-14H2,1H3,(H,23,24). The molecule has 0 atom stereocenters. The Hall–Kier alpha value is -2.82. The van der Waals surface area contributed by atoms with Gasteiger partial charge in [0.25, 0.3) is 0 Å². The van der Waals surface area contributed by atoms with Crippen LogP contribution in [0.3, 0.4) is 0 Å². The summed E-state index contributed by atoms with van der Waals surface area (Å²) in [6, 6.07) is 13.2.